The second-order valence-corrected chi connectivity index (χ2v) is 2.27. The number of carbonyl (C=O) groups is 2. The van der Waals surface area contributed by atoms with E-state index in [1.54, 1.807) is 30.3 Å². The maximum atomic E-state index is 10.2. The fraction of sp³-hybridized carbons (Fsp3) is 0.111. The van der Waals surface area contributed by atoms with Crippen molar-refractivity contribution < 1.29 is 19.8 Å². The summed E-state index contributed by atoms with van der Waals surface area (Å²) < 4.78 is 0. The number of nitrogens with two attached hydrogens (primary N) is 1. The second kappa shape index (κ2) is 9.92. The summed E-state index contributed by atoms with van der Waals surface area (Å²) in [5.74, 6) is -1.85. The maximum absolute atomic E-state index is 10.2. The van der Waals surface area contributed by atoms with Crippen LogP contribution in [0.15, 0.2) is 30.3 Å². The number of benzene rings is 1. The van der Waals surface area contributed by atoms with Gasteiger partial charge in [-0.15, -0.1) is 0 Å². The molecule has 0 aromatic heterocycles. The van der Waals surface area contributed by atoms with Gasteiger partial charge < -0.3 is 15.9 Å². The van der Waals surface area contributed by atoms with Crippen LogP contribution in [-0.4, -0.2) is 66.4 Å². The Balaban J connectivity index is 0. The van der Waals surface area contributed by atoms with E-state index in [4.69, 9.17) is 10.2 Å². The Hall–Kier alpha value is -0.620. The number of carboxylic acid groups (broad SMARTS) is 2. The third-order valence-corrected chi connectivity index (χ3v) is 1.20. The third kappa shape index (κ3) is 9.68. The summed E-state index contributed by atoms with van der Waals surface area (Å²) in [7, 11) is 0. The van der Waals surface area contributed by atoms with Crippen LogP contribution in [0, 0.1) is 0 Å². The molecule has 0 bridgehead atoms. The van der Waals surface area contributed by atoms with Gasteiger partial charge in [0.25, 0.3) is 0 Å². The van der Waals surface area contributed by atoms with E-state index in [1.807, 2.05) is 0 Å². The first-order valence-electron chi connectivity index (χ1n) is 3.78. The minimum absolute atomic E-state index is 0. The molecule has 6 heteroatoms. The first-order chi connectivity index (χ1) is 6.57. The fourth-order valence-corrected chi connectivity index (χ4v) is 0.581. The average molecular weight is 239 g/mol. The fourth-order valence-electron chi connectivity index (χ4n) is 0.581. The van der Waals surface area contributed by atoms with E-state index in [1.165, 1.54) is 0 Å². The summed E-state index contributed by atoms with van der Waals surface area (Å²) in [6.07, 6.45) is 0. The topological polar surface area (TPSA) is 101 Å². The van der Waals surface area contributed by atoms with Crippen molar-refractivity contribution in [2.75, 3.05) is 6.54 Å². The van der Waals surface area contributed by atoms with Gasteiger partial charge in [0.2, 0.25) is 0 Å². The van der Waals surface area contributed by atoms with Gasteiger partial charge in [-0.1, -0.05) is 18.2 Å². The van der Waals surface area contributed by atoms with Gasteiger partial charge in [-0.25, -0.2) is 4.79 Å². The SMILES string of the molecule is NCC(=O)O.O=C(O)c1ccccc1.[CaH2]. The summed E-state index contributed by atoms with van der Waals surface area (Å²) in [5, 5.41) is 16.0. The molecule has 1 aromatic rings. The van der Waals surface area contributed by atoms with Crippen LogP contribution in [0.1, 0.15) is 10.4 Å². The summed E-state index contributed by atoms with van der Waals surface area (Å²) in [6.45, 7) is -0.278. The zero-order valence-electron chi connectivity index (χ0n) is 7.38. The number of aliphatic carboxylic acids is 1. The van der Waals surface area contributed by atoms with Gasteiger partial charge in [0, 0.05) is 0 Å². The van der Waals surface area contributed by atoms with Gasteiger partial charge in [0.15, 0.2) is 0 Å². The molecular formula is C9H13CaNO4. The molecule has 0 radical (unpaired) electrons. The quantitative estimate of drug-likeness (QED) is 0.604. The van der Waals surface area contributed by atoms with E-state index in [0.717, 1.165) is 0 Å². The predicted molar refractivity (Wildman–Crippen MR) is 58.6 cm³/mol. The van der Waals surface area contributed by atoms with E-state index < -0.39 is 11.9 Å². The van der Waals surface area contributed by atoms with Crippen LogP contribution >= 0.6 is 0 Å². The van der Waals surface area contributed by atoms with E-state index >= 15 is 0 Å². The van der Waals surface area contributed by atoms with Gasteiger partial charge in [-0.2, -0.15) is 0 Å². The van der Waals surface area contributed by atoms with Gasteiger partial charge in [-0.3, -0.25) is 4.79 Å². The van der Waals surface area contributed by atoms with E-state index in [0.29, 0.717) is 5.56 Å². The summed E-state index contributed by atoms with van der Waals surface area (Å²) >= 11 is 0. The molecule has 0 unspecified atom stereocenters. The molecule has 0 saturated carbocycles. The van der Waals surface area contributed by atoms with Crippen molar-refractivity contribution in [3.05, 3.63) is 35.9 Å². The molecule has 15 heavy (non-hydrogen) atoms. The molecule has 4 N–H and O–H groups in total. The molecule has 80 valence electrons. The number of carboxylic acids is 2. The Morgan fingerprint density at radius 2 is 1.53 bits per heavy atom. The van der Waals surface area contributed by atoms with Crippen LogP contribution in [0.3, 0.4) is 0 Å². The molecule has 1 rings (SSSR count). The number of aromatic carboxylic acids is 1. The van der Waals surface area contributed by atoms with Gasteiger partial charge in [0.1, 0.15) is 0 Å². The molecule has 0 fully saturated rings. The van der Waals surface area contributed by atoms with E-state index in [-0.39, 0.29) is 44.3 Å². The summed E-state index contributed by atoms with van der Waals surface area (Å²) in [6, 6.07) is 8.30. The molecule has 0 heterocycles. The van der Waals surface area contributed by atoms with Gasteiger partial charge >= 0.3 is 49.7 Å². The Morgan fingerprint density at radius 1 is 1.13 bits per heavy atom. The van der Waals surface area contributed by atoms with Crippen molar-refractivity contribution in [1.82, 2.24) is 0 Å². The molecule has 0 atom stereocenters. The number of hydrogen-bond acceptors (Lipinski definition) is 3. The number of rotatable bonds is 2. The second-order valence-electron chi connectivity index (χ2n) is 2.27. The van der Waals surface area contributed by atoms with Crippen LogP contribution in [0.25, 0.3) is 0 Å². The van der Waals surface area contributed by atoms with E-state index in [9.17, 15) is 9.59 Å². The molecule has 0 aliphatic rings. The van der Waals surface area contributed by atoms with Crippen LogP contribution in [0.5, 0.6) is 0 Å². The summed E-state index contributed by atoms with van der Waals surface area (Å²) in [4.78, 5) is 19.4. The van der Waals surface area contributed by atoms with Crippen LogP contribution in [-0.2, 0) is 4.79 Å². The Kier molecular flexibility index (Phi) is 11.1. The first kappa shape index (κ1) is 16.8. The van der Waals surface area contributed by atoms with Crippen LogP contribution in [0.4, 0.5) is 0 Å². The van der Waals surface area contributed by atoms with Gasteiger partial charge in [-0.05, 0) is 12.1 Å². The number of hydrogen-bond donors (Lipinski definition) is 3. The van der Waals surface area contributed by atoms with E-state index in [2.05, 4.69) is 5.73 Å². The van der Waals surface area contributed by atoms with Crippen molar-refractivity contribution in [3.63, 3.8) is 0 Å². The molecule has 1 aromatic carbocycles. The minimum atomic E-state index is -0.968. The molecule has 0 spiro atoms. The Bertz CT molecular complexity index is 302. The van der Waals surface area contributed by atoms with Gasteiger partial charge in [0.05, 0.1) is 12.1 Å². The molecule has 0 aliphatic carbocycles. The zero-order valence-corrected chi connectivity index (χ0v) is 7.38. The molecule has 5 nitrogen and oxygen atoms in total. The van der Waals surface area contributed by atoms with Crippen molar-refractivity contribution in [2.45, 2.75) is 0 Å². The van der Waals surface area contributed by atoms with Crippen molar-refractivity contribution >= 4 is 49.7 Å². The van der Waals surface area contributed by atoms with Crippen molar-refractivity contribution in [3.8, 4) is 0 Å². The first-order valence-corrected chi connectivity index (χ1v) is 3.78. The zero-order chi connectivity index (χ0) is 11.0. The molecule has 0 amide bonds. The van der Waals surface area contributed by atoms with Crippen molar-refractivity contribution in [1.29, 1.82) is 0 Å². The monoisotopic (exact) mass is 239 g/mol. The Labute approximate surface area is 117 Å². The van der Waals surface area contributed by atoms with Crippen LogP contribution in [0.2, 0.25) is 0 Å². The third-order valence-electron chi connectivity index (χ3n) is 1.20. The molecular weight excluding hydrogens is 226 g/mol. The predicted octanol–water partition coefficient (Wildman–Crippen LogP) is -0.502. The molecule has 0 aliphatic heterocycles. The van der Waals surface area contributed by atoms with Crippen molar-refractivity contribution in [2.24, 2.45) is 5.73 Å². The standard InChI is InChI=1S/C7H6O2.C2H5NO2.Ca.2H/c8-7(9)6-4-2-1-3-5-6;3-1-2(4)5;;;/h1-5H,(H,8,9);1,3H2,(H,4,5);;;. The van der Waals surface area contributed by atoms with Crippen LogP contribution < -0.4 is 5.73 Å². The normalized spacial score (nSPS) is 7.80. The summed E-state index contributed by atoms with van der Waals surface area (Å²) in [5.41, 5.74) is 4.90. The average Bonchev–Trinajstić information content (AvgIpc) is 2.20. The molecule has 0 saturated heterocycles. The Morgan fingerprint density at radius 3 is 1.73 bits per heavy atom.